The average molecular weight is 847 g/mol. The summed E-state index contributed by atoms with van der Waals surface area (Å²) in [6.45, 7) is 0. The minimum atomic E-state index is 0.477. The summed E-state index contributed by atoms with van der Waals surface area (Å²) in [5.41, 5.74) is 11.6. The molecule has 4 aromatic heterocycles. The van der Waals surface area contributed by atoms with Gasteiger partial charge in [0.15, 0.2) is 17.5 Å². The lowest BCUT2D eigenvalue weighted by Gasteiger charge is -2.16. The topological polar surface area (TPSA) is 72.3 Å². The molecule has 0 bridgehead atoms. The highest BCUT2D eigenvalue weighted by Gasteiger charge is 2.25. The van der Waals surface area contributed by atoms with E-state index in [0.717, 1.165) is 82.8 Å². The maximum absolute atomic E-state index is 10.4. The Morgan fingerprint density at radius 1 is 0.400 bits per heavy atom. The molecule has 302 valence electrons. The molecule has 0 saturated carbocycles. The van der Waals surface area contributed by atoms with E-state index in [1.807, 2.05) is 72.0 Å². The molecule has 0 unspecified atom stereocenters. The highest BCUT2D eigenvalue weighted by Crippen LogP contribution is 2.46. The summed E-state index contributed by atoms with van der Waals surface area (Å²) in [6.07, 6.45) is 0. The first kappa shape index (κ1) is 36.9. The fraction of sp³-hybridized carbons (Fsp3) is 0. The van der Waals surface area contributed by atoms with Crippen LogP contribution in [-0.4, -0.2) is 24.1 Å². The van der Waals surface area contributed by atoms with Gasteiger partial charge in [0, 0.05) is 53.7 Å². The molecule has 0 aliphatic carbocycles. The molecule has 0 N–H and O–H groups in total. The van der Waals surface area contributed by atoms with E-state index in [0.29, 0.717) is 23.0 Å². The fourth-order valence-electron chi connectivity index (χ4n) is 9.69. The number of nitriles is 1. The molecule has 0 saturated heterocycles. The molecule has 65 heavy (non-hydrogen) atoms. The number of fused-ring (bicyclic) bond motifs is 10. The van der Waals surface area contributed by atoms with Crippen LogP contribution in [0, 0.1) is 11.3 Å². The smallest absolute Gasteiger partial charge is 0.166 e. The predicted octanol–water partition coefficient (Wildman–Crippen LogP) is 15.0. The van der Waals surface area contributed by atoms with Crippen LogP contribution in [0.5, 0.6) is 0 Å². The summed E-state index contributed by atoms with van der Waals surface area (Å²) in [5, 5.41) is 17.5. The molecule has 0 amide bonds. The van der Waals surface area contributed by atoms with Crippen molar-refractivity contribution in [2.45, 2.75) is 0 Å². The molecular weight excluding hydrogens is 813 g/mol. The molecule has 0 aliphatic rings. The average Bonchev–Trinajstić information content (AvgIpc) is 4.04. The highest BCUT2D eigenvalue weighted by molar-refractivity contribution is 7.26. The van der Waals surface area contributed by atoms with Gasteiger partial charge in [0.25, 0.3) is 0 Å². The number of thiophene rings is 1. The van der Waals surface area contributed by atoms with Gasteiger partial charge in [-0.2, -0.15) is 5.26 Å². The van der Waals surface area contributed by atoms with Gasteiger partial charge in [-0.25, -0.2) is 15.0 Å². The summed E-state index contributed by atoms with van der Waals surface area (Å²) in [7, 11) is 0. The predicted molar refractivity (Wildman–Crippen MR) is 268 cm³/mol. The van der Waals surface area contributed by atoms with Crippen molar-refractivity contribution in [2.24, 2.45) is 0 Å². The number of aromatic nitrogens is 5. The Morgan fingerprint density at radius 3 is 1.74 bits per heavy atom. The molecule has 0 aliphatic heterocycles. The number of para-hydroxylation sites is 2. The monoisotopic (exact) mass is 846 g/mol. The lowest BCUT2D eigenvalue weighted by molar-refractivity contribution is 1.06. The Kier molecular flexibility index (Phi) is 8.35. The molecule has 13 rings (SSSR count). The molecule has 0 radical (unpaired) electrons. The van der Waals surface area contributed by atoms with E-state index in [2.05, 4.69) is 161 Å². The van der Waals surface area contributed by atoms with Gasteiger partial charge in [0.05, 0.1) is 49.8 Å². The first-order chi connectivity index (χ1) is 32.2. The molecule has 7 heteroatoms. The standard InChI is InChI=1S/C58H34N6S/c59-35-36-26-32-49(46(34-36)58-61-56(39-16-5-2-6-17-39)60-57(62-58)40-29-27-38(28-30-40)37-14-3-1-4-15-37)64-47-22-10-7-18-41(47)43-31-33-50-53(54(43)64)45-20-8-11-23-48(45)63(50)51-24-13-21-44-42-19-9-12-25-52(42)65-55(44)51/h1-34H. The first-order valence-corrected chi connectivity index (χ1v) is 22.4. The number of benzene rings is 9. The molecule has 4 heterocycles. The van der Waals surface area contributed by atoms with Crippen molar-refractivity contribution in [2.75, 3.05) is 0 Å². The zero-order chi connectivity index (χ0) is 43.0. The van der Waals surface area contributed by atoms with E-state index in [9.17, 15) is 5.26 Å². The Labute approximate surface area is 377 Å². The summed E-state index contributed by atoms with van der Waals surface area (Å²) in [6, 6.07) is 74.3. The van der Waals surface area contributed by atoms with Crippen LogP contribution in [-0.2, 0) is 0 Å². The largest absolute Gasteiger partial charge is 0.308 e. The van der Waals surface area contributed by atoms with Crippen molar-refractivity contribution >= 4 is 75.1 Å². The Balaban J connectivity index is 1.10. The molecule has 13 aromatic rings. The van der Waals surface area contributed by atoms with E-state index in [1.54, 1.807) is 0 Å². The number of hydrogen-bond acceptors (Lipinski definition) is 5. The minimum Gasteiger partial charge on any atom is -0.308 e. The van der Waals surface area contributed by atoms with Crippen molar-refractivity contribution in [1.82, 2.24) is 24.1 Å². The van der Waals surface area contributed by atoms with Gasteiger partial charge < -0.3 is 9.13 Å². The van der Waals surface area contributed by atoms with Crippen LogP contribution in [0.15, 0.2) is 206 Å². The molecule has 0 spiro atoms. The van der Waals surface area contributed by atoms with Crippen molar-refractivity contribution in [1.29, 1.82) is 5.26 Å². The molecule has 9 aromatic carbocycles. The van der Waals surface area contributed by atoms with Crippen molar-refractivity contribution < 1.29 is 0 Å². The normalized spacial score (nSPS) is 11.7. The summed E-state index contributed by atoms with van der Waals surface area (Å²) in [5.74, 6) is 1.57. The maximum atomic E-state index is 10.4. The minimum absolute atomic E-state index is 0.477. The number of rotatable bonds is 6. The van der Waals surface area contributed by atoms with Crippen molar-refractivity contribution in [3.63, 3.8) is 0 Å². The quantitative estimate of drug-likeness (QED) is 0.167. The molecular formula is C58H34N6S. The van der Waals surface area contributed by atoms with E-state index >= 15 is 0 Å². The lowest BCUT2D eigenvalue weighted by Crippen LogP contribution is -2.04. The van der Waals surface area contributed by atoms with E-state index in [4.69, 9.17) is 15.0 Å². The second-order valence-corrected chi connectivity index (χ2v) is 17.3. The Bertz CT molecular complexity index is 4060. The summed E-state index contributed by atoms with van der Waals surface area (Å²) in [4.78, 5) is 15.6. The van der Waals surface area contributed by atoms with Gasteiger partial charge >= 0.3 is 0 Å². The Morgan fingerprint density at radius 2 is 0.985 bits per heavy atom. The van der Waals surface area contributed by atoms with Crippen LogP contribution in [0.1, 0.15) is 5.56 Å². The second-order valence-electron chi connectivity index (χ2n) is 16.3. The first-order valence-electron chi connectivity index (χ1n) is 21.6. The van der Waals surface area contributed by atoms with Gasteiger partial charge in [-0.15, -0.1) is 11.3 Å². The fourth-order valence-corrected chi connectivity index (χ4v) is 10.9. The number of hydrogen-bond donors (Lipinski definition) is 0. The third-order valence-corrected chi connectivity index (χ3v) is 13.8. The second kappa shape index (κ2) is 14.7. The van der Waals surface area contributed by atoms with Gasteiger partial charge in [-0.05, 0) is 59.7 Å². The van der Waals surface area contributed by atoms with Crippen LogP contribution in [0.2, 0.25) is 0 Å². The van der Waals surface area contributed by atoms with Crippen LogP contribution in [0.25, 0.3) is 120 Å². The van der Waals surface area contributed by atoms with E-state index in [1.165, 1.54) is 20.2 Å². The number of nitrogens with zero attached hydrogens (tertiary/aromatic N) is 6. The van der Waals surface area contributed by atoms with Gasteiger partial charge in [0.2, 0.25) is 0 Å². The highest BCUT2D eigenvalue weighted by atomic mass is 32.1. The zero-order valence-corrected chi connectivity index (χ0v) is 35.5. The van der Waals surface area contributed by atoms with Crippen molar-refractivity contribution in [3.8, 4) is 62.7 Å². The summed E-state index contributed by atoms with van der Waals surface area (Å²) >= 11 is 1.84. The van der Waals surface area contributed by atoms with Gasteiger partial charge in [0.1, 0.15) is 0 Å². The van der Waals surface area contributed by atoms with Gasteiger partial charge in [-0.1, -0.05) is 158 Å². The summed E-state index contributed by atoms with van der Waals surface area (Å²) < 4.78 is 7.33. The van der Waals surface area contributed by atoms with E-state index < -0.39 is 0 Å². The third-order valence-electron chi connectivity index (χ3n) is 12.6. The zero-order valence-electron chi connectivity index (χ0n) is 34.7. The van der Waals surface area contributed by atoms with E-state index in [-0.39, 0.29) is 0 Å². The molecule has 0 fully saturated rings. The van der Waals surface area contributed by atoms with Crippen LogP contribution >= 0.6 is 11.3 Å². The van der Waals surface area contributed by atoms with Crippen molar-refractivity contribution in [3.05, 3.63) is 212 Å². The Hall–Kier alpha value is -8.70. The molecule has 6 nitrogen and oxygen atoms in total. The molecule has 0 atom stereocenters. The SMILES string of the molecule is N#Cc1ccc(-n2c3ccccc3c3ccc4c(c5ccccc5n4-c4cccc5c4sc4ccccc45)c32)c(-c2nc(-c3ccccc3)nc(-c3ccc(-c4ccccc4)cc3)n2)c1. The van der Waals surface area contributed by atoms with Gasteiger partial charge in [-0.3, -0.25) is 0 Å². The van der Waals surface area contributed by atoms with Crippen LogP contribution in [0.3, 0.4) is 0 Å². The maximum Gasteiger partial charge on any atom is 0.166 e. The third kappa shape index (κ3) is 5.82. The van der Waals surface area contributed by atoms with Crippen LogP contribution in [0.4, 0.5) is 0 Å². The lowest BCUT2D eigenvalue weighted by atomic mass is 10.0. The van der Waals surface area contributed by atoms with Crippen LogP contribution < -0.4 is 0 Å².